The van der Waals surface area contributed by atoms with Gasteiger partial charge in [-0.3, -0.25) is 14.4 Å². The average molecular weight is 564 g/mol. The molecule has 32 heavy (non-hydrogen) atoms. The number of aromatic nitrogens is 1. The number of hydroxylamine groups is 2. The first kappa shape index (κ1) is 22.7. The molecule has 2 amide bonds. The van der Waals surface area contributed by atoms with Gasteiger partial charge in [0.1, 0.15) is 0 Å². The maximum atomic E-state index is 13.0. The highest BCUT2D eigenvalue weighted by Gasteiger charge is 2.32. The molecule has 0 radical (unpaired) electrons. The summed E-state index contributed by atoms with van der Waals surface area (Å²) >= 11 is 6.90. The lowest BCUT2D eigenvalue weighted by Crippen LogP contribution is -2.31. The molecule has 0 N–H and O–H groups in total. The van der Waals surface area contributed by atoms with Gasteiger partial charge in [-0.05, 0) is 49.2 Å². The first-order valence-corrected chi connectivity index (χ1v) is 11.9. The summed E-state index contributed by atoms with van der Waals surface area (Å²) in [5, 5.41) is 1.87. The van der Waals surface area contributed by atoms with E-state index in [4.69, 9.17) is 4.84 Å². The van der Waals surface area contributed by atoms with Gasteiger partial charge in [0.25, 0.3) is 11.8 Å². The fourth-order valence-corrected chi connectivity index (χ4v) is 4.61. The molecule has 7 nitrogen and oxygen atoms in total. The third-order valence-electron chi connectivity index (χ3n) is 5.45. The number of rotatable bonds is 7. The monoisotopic (exact) mass is 562 g/mol. The van der Waals surface area contributed by atoms with E-state index in [-0.39, 0.29) is 24.7 Å². The summed E-state index contributed by atoms with van der Waals surface area (Å²) in [4.78, 5) is 52.9. The molecule has 1 saturated heterocycles. The third kappa shape index (κ3) is 4.63. The first-order valence-electron chi connectivity index (χ1n) is 10.3. The molecule has 4 rings (SSSR count). The zero-order chi connectivity index (χ0) is 22.8. The molecule has 1 fully saturated rings. The van der Waals surface area contributed by atoms with Crippen molar-refractivity contribution in [1.29, 1.82) is 0 Å². The third-order valence-corrected chi connectivity index (χ3v) is 6.44. The second-order valence-electron chi connectivity index (χ2n) is 7.66. The highest BCUT2D eigenvalue weighted by atomic mass is 79.9. The van der Waals surface area contributed by atoms with E-state index in [0.717, 1.165) is 32.8 Å². The van der Waals surface area contributed by atoms with E-state index in [9.17, 15) is 19.2 Å². The Morgan fingerprint density at radius 1 is 0.844 bits per heavy atom. The van der Waals surface area contributed by atoms with Crippen LogP contribution >= 0.6 is 31.9 Å². The Bertz CT molecular complexity index is 1220. The number of pyridine rings is 1. The number of aryl methyl sites for hydroxylation is 1. The summed E-state index contributed by atoms with van der Waals surface area (Å²) in [6.07, 6.45) is 2.40. The van der Waals surface area contributed by atoms with Crippen molar-refractivity contribution in [1.82, 2.24) is 9.63 Å². The van der Waals surface area contributed by atoms with Gasteiger partial charge in [0, 0.05) is 45.5 Å². The number of carbonyl (C=O) groups is 3. The van der Waals surface area contributed by atoms with Crippen LogP contribution in [-0.4, -0.2) is 27.4 Å². The summed E-state index contributed by atoms with van der Waals surface area (Å²) in [7, 11) is 0. The molecule has 0 spiro atoms. The van der Waals surface area contributed by atoms with Crippen molar-refractivity contribution in [2.75, 3.05) is 0 Å². The van der Waals surface area contributed by atoms with Crippen LogP contribution in [0.3, 0.4) is 0 Å². The molecule has 0 saturated carbocycles. The Kier molecular flexibility index (Phi) is 6.76. The topological polar surface area (TPSA) is 85.7 Å². The van der Waals surface area contributed by atoms with E-state index in [1.165, 1.54) is 0 Å². The van der Waals surface area contributed by atoms with Crippen molar-refractivity contribution in [3.8, 4) is 0 Å². The number of carbonyl (C=O) groups excluding carboxylic acids is 3. The number of halogens is 2. The number of unbranched alkanes of at least 4 members (excludes halogenated alkanes) is 2. The van der Waals surface area contributed by atoms with Crippen LogP contribution in [0.2, 0.25) is 0 Å². The maximum Gasteiger partial charge on any atom is 0.333 e. The van der Waals surface area contributed by atoms with Crippen LogP contribution in [0.5, 0.6) is 0 Å². The van der Waals surface area contributed by atoms with Crippen LogP contribution in [0.1, 0.15) is 38.5 Å². The molecule has 1 aliphatic rings. The molecule has 9 heteroatoms. The van der Waals surface area contributed by atoms with Gasteiger partial charge in [-0.2, -0.15) is 0 Å². The summed E-state index contributed by atoms with van der Waals surface area (Å²) in [5.74, 6) is -1.53. The second-order valence-corrected chi connectivity index (χ2v) is 9.49. The molecule has 0 bridgehead atoms. The summed E-state index contributed by atoms with van der Waals surface area (Å²) in [5.41, 5.74) is 1.71. The number of imide groups is 1. The highest BCUT2D eigenvalue weighted by Crippen LogP contribution is 2.25. The van der Waals surface area contributed by atoms with E-state index < -0.39 is 17.8 Å². The predicted molar refractivity (Wildman–Crippen MR) is 127 cm³/mol. The molecule has 2 heterocycles. The number of fused-ring (bicyclic) bond motifs is 2. The Balaban J connectivity index is 1.44. The van der Waals surface area contributed by atoms with Crippen LogP contribution < -0.4 is 5.43 Å². The van der Waals surface area contributed by atoms with Gasteiger partial charge in [0.2, 0.25) is 0 Å². The van der Waals surface area contributed by atoms with Crippen LogP contribution in [0.15, 0.2) is 50.1 Å². The number of amides is 2. The fourth-order valence-electron chi connectivity index (χ4n) is 3.89. The van der Waals surface area contributed by atoms with Crippen LogP contribution in [0.25, 0.3) is 21.8 Å². The number of hydrogen-bond donors (Lipinski definition) is 0. The zero-order valence-corrected chi connectivity index (χ0v) is 20.3. The van der Waals surface area contributed by atoms with E-state index in [1.807, 2.05) is 36.4 Å². The maximum absolute atomic E-state index is 13.0. The largest absolute Gasteiger partial charge is 0.340 e. The molecule has 3 aromatic rings. The molecule has 0 aliphatic carbocycles. The average Bonchev–Trinajstić information content (AvgIpc) is 3.08. The summed E-state index contributed by atoms with van der Waals surface area (Å²) < 4.78 is 3.82. The quantitative estimate of drug-likeness (QED) is 0.233. The summed E-state index contributed by atoms with van der Waals surface area (Å²) in [6, 6.07) is 11.4. The summed E-state index contributed by atoms with van der Waals surface area (Å²) in [6.45, 7) is 0.675. The lowest BCUT2D eigenvalue weighted by Gasteiger charge is -2.16. The van der Waals surface area contributed by atoms with Gasteiger partial charge in [-0.1, -0.05) is 38.3 Å². The molecule has 1 aliphatic heterocycles. The van der Waals surface area contributed by atoms with Crippen molar-refractivity contribution in [3.05, 3.63) is 55.6 Å². The fraction of sp³-hybridized carbons (Fsp3) is 0.304. The van der Waals surface area contributed by atoms with Crippen LogP contribution in [0.4, 0.5) is 0 Å². The molecule has 166 valence electrons. The van der Waals surface area contributed by atoms with Crippen molar-refractivity contribution in [3.63, 3.8) is 0 Å². The zero-order valence-electron chi connectivity index (χ0n) is 17.1. The first-order chi connectivity index (χ1) is 15.3. The van der Waals surface area contributed by atoms with Crippen LogP contribution in [-0.2, 0) is 25.8 Å². The van der Waals surface area contributed by atoms with Gasteiger partial charge >= 0.3 is 5.97 Å². The van der Waals surface area contributed by atoms with Gasteiger partial charge in [0.15, 0.2) is 5.43 Å². The molecule has 0 atom stereocenters. The minimum atomic E-state index is -0.581. The number of benzene rings is 2. The lowest BCUT2D eigenvalue weighted by molar-refractivity contribution is -0.197. The Labute approximate surface area is 200 Å². The minimum absolute atomic E-state index is 0.0115. The smallest absolute Gasteiger partial charge is 0.333 e. The molecule has 1 aromatic heterocycles. The van der Waals surface area contributed by atoms with Crippen molar-refractivity contribution >= 4 is 71.4 Å². The van der Waals surface area contributed by atoms with Gasteiger partial charge < -0.3 is 9.40 Å². The van der Waals surface area contributed by atoms with E-state index in [1.54, 1.807) is 0 Å². The van der Waals surface area contributed by atoms with Gasteiger partial charge in [0.05, 0.1) is 11.0 Å². The predicted octanol–water partition coefficient (Wildman–Crippen LogP) is 4.85. The molecule has 2 aromatic carbocycles. The standard InChI is InChI=1S/C23H20Br2N2O5/c24-14-5-7-18-16(12-14)23(31)17-13-15(25)6-8-19(17)26(18)11-3-1-2-4-22(30)32-27-20(28)9-10-21(27)29/h5-8,12-13H,1-4,9-11H2. The Morgan fingerprint density at radius 3 is 1.97 bits per heavy atom. The Hall–Kier alpha value is -2.52. The SMILES string of the molecule is O=C(CCCCCn1c2ccc(Br)cc2c(=O)c2cc(Br)ccc21)ON1C(=O)CCC1=O. The van der Waals surface area contributed by atoms with Crippen LogP contribution in [0, 0.1) is 0 Å². The molecule has 0 unspecified atom stereocenters. The lowest BCUT2D eigenvalue weighted by atomic mass is 10.1. The number of nitrogens with zero attached hydrogens (tertiary/aromatic N) is 2. The molecular formula is C23H20Br2N2O5. The van der Waals surface area contributed by atoms with Crippen molar-refractivity contribution in [2.45, 2.75) is 45.1 Å². The Morgan fingerprint density at radius 2 is 1.41 bits per heavy atom. The van der Waals surface area contributed by atoms with Gasteiger partial charge in [-0.15, -0.1) is 5.06 Å². The molecular weight excluding hydrogens is 544 g/mol. The second kappa shape index (κ2) is 9.54. The number of hydrogen-bond acceptors (Lipinski definition) is 5. The van der Waals surface area contributed by atoms with Crippen molar-refractivity contribution in [2.24, 2.45) is 0 Å². The van der Waals surface area contributed by atoms with E-state index in [2.05, 4.69) is 36.4 Å². The normalized spacial score (nSPS) is 14.0. The minimum Gasteiger partial charge on any atom is -0.340 e. The van der Waals surface area contributed by atoms with E-state index in [0.29, 0.717) is 28.8 Å². The highest BCUT2D eigenvalue weighted by molar-refractivity contribution is 9.10. The van der Waals surface area contributed by atoms with Gasteiger partial charge in [-0.25, -0.2) is 4.79 Å². The van der Waals surface area contributed by atoms with E-state index >= 15 is 0 Å². The van der Waals surface area contributed by atoms with Crippen molar-refractivity contribution < 1.29 is 19.2 Å².